The van der Waals surface area contributed by atoms with Crippen molar-refractivity contribution in [2.45, 2.75) is 44.9 Å². The van der Waals surface area contributed by atoms with Crippen LogP contribution >= 0.6 is 0 Å². The van der Waals surface area contributed by atoms with Crippen molar-refractivity contribution in [1.29, 1.82) is 0 Å². The van der Waals surface area contributed by atoms with Crippen molar-refractivity contribution in [2.75, 3.05) is 6.54 Å². The van der Waals surface area contributed by atoms with Crippen molar-refractivity contribution in [1.82, 2.24) is 4.90 Å². The largest absolute Gasteiger partial charge is 0.485 e. The Morgan fingerprint density at radius 2 is 1.96 bits per heavy atom. The van der Waals surface area contributed by atoms with Gasteiger partial charge in [-0.05, 0) is 32.9 Å². The lowest BCUT2D eigenvalue weighted by Gasteiger charge is -2.26. The number of carboxylic acids is 1. The van der Waals surface area contributed by atoms with Crippen LogP contribution in [0.3, 0.4) is 0 Å². The first-order chi connectivity index (χ1) is 10.7. The minimum atomic E-state index is -1.14. The van der Waals surface area contributed by atoms with Crippen molar-refractivity contribution >= 4 is 12.1 Å². The van der Waals surface area contributed by atoms with E-state index in [-0.39, 0.29) is 18.7 Å². The van der Waals surface area contributed by atoms with E-state index in [0.717, 1.165) is 4.90 Å². The van der Waals surface area contributed by atoms with Gasteiger partial charge >= 0.3 is 12.1 Å². The zero-order valence-electron chi connectivity index (χ0n) is 13.3. The minimum Gasteiger partial charge on any atom is -0.485 e. The second-order valence-corrected chi connectivity index (χ2v) is 6.39. The highest BCUT2D eigenvalue weighted by atomic mass is 19.1. The molecule has 1 amide bonds. The fourth-order valence-corrected chi connectivity index (χ4v) is 2.36. The van der Waals surface area contributed by atoms with Gasteiger partial charge in [0.1, 0.15) is 17.7 Å². The number of amides is 1. The number of likely N-dealkylation sites (tertiary alicyclic amines) is 1. The summed E-state index contributed by atoms with van der Waals surface area (Å²) in [5.41, 5.74) is -0.732. The normalized spacial score (nSPS) is 21.1. The number of rotatable bonds is 3. The van der Waals surface area contributed by atoms with Gasteiger partial charge in [0.05, 0.1) is 6.54 Å². The number of hydrogen-bond acceptors (Lipinski definition) is 4. The van der Waals surface area contributed by atoms with Crippen molar-refractivity contribution in [2.24, 2.45) is 0 Å². The maximum absolute atomic E-state index is 13.6. The molecule has 126 valence electrons. The predicted octanol–water partition coefficient (Wildman–Crippen LogP) is 2.67. The molecule has 1 N–H and O–H groups in total. The van der Waals surface area contributed by atoms with E-state index in [0.29, 0.717) is 0 Å². The number of para-hydroxylation sites is 1. The third kappa shape index (κ3) is 4.34. The molecule has 6 nitrogen and oxygen atoms in total. The lowest BCUT2D eigenvalue weighted by molar-refractivity contribution is -0.142. The fourth-order valence-electron chi connectivity index (χ4n) is 2.36. The van der Waals surface area contributed by atoms with Gasteiger partial charge in [-0.25, -0.2) is 14.0 Å². The Hall–Kier alpha value is -2.31. The Kier molecular flexibility index (Phi) is 4.77. The first kappa shape index (κ1) is 17.1. The molecule has 1 aromatic rings. The van der Waals surface area contributed by atoms with Crippen molar-refractivity contribution in [3.8, 4) is 5.75 Å². The number of hydrogen-bond donors (Lipinski definition) is 1. The van der Waals surface area contributed by atoms with Gasteiger partial charge in [0.15, 0.2) is 11.6 Å². The molecule has 0 saturated carbocycles. The third-order valence-electron chi connectivity index (χ3n) is 3.31. The highest BCUT2D eigenvalue weighted by molar-refractivity contribution is 5.81. The molecule has 2 rings (SSSR count). The van der Waals surface area contributed by atoms with E-state index < -0.39 is 35.6 Å². The Balaban J connectivity index is 2.10. The summed E-state index contributed by atoms with van der Waals surface area (Å²) in [5, 5.41) is 9.29. The monoisotopic (exact) mass is 325 g/mol. The van der Waals surface area contributed by atoms with Crippen LogP contribution < -0.4 is 4.74 Å². The number of nitrogens with zero attached hydrogens (tertiary/aromatic N) is 1. The number of carboxylic acid groups (broad SMARTS) is 1. The van der Waals surface area contributed by atoms with Crippen molar-refractivity contribution < 1.29 is 28.6 Å². The smallest absolute Gasteiger partial charge is 0.411 e. The standard InChI is InChI=1S/C16H20FNO5/c1-16(2,3)23-15(21)18-9-10(8-12(18)14(19)20)22-13-7-5-4-6-11(13)17/h4-7,10,12H,8-9H2,1-3H3,(H,19,20)/t10-,12-/m0/s1. The van der Waals surface area contributed by atoms with Gasteiger partial charge in [-0.1, -0.05) is 12.1 Å². The van der Waals surface area contributed by atoms with Gasteiger partial charge in [0, 0.05) is 6.42 Å². The molecule has 1 aliphatic rings. The van der Waals surface area contributed by atoms with Gasteiger partial charge in [-0.3, -0.25) is 4.90 Å². The molecule has 0 aliphatic carbocycles. The van der Waals surface area contributed by atoms with Gasteiger partial charge in [-0.15, -0.1) is 0 Å². The molecule has 0 spiro atoms. The number of carbonyl (C=O) groups excluding carboxylic acids is 1. The number of ether oxygens (including phenoxy) is 2. The zero-order chi connectivity index (χ0) is 17.2. The van der Waals surface area contributed by atoms with Gasteiger partial charge < -0.3 is 14.6 Å². The van der Waals surface area contributed by atoms with E-state index in [1.165, 1.54) is 18.2 Å². The van der Waals surface area contributed by atoms with Crippen LogP contribution in [-0.4, -0.2) is 46.4 Å². The maximum Gasteiger partial charge on any atom is 0.411 e. The summed E-state index contributed by atoms with van der Waals surface area (Å²) in [6.45, 7) is 5.12. The second kappa shape index (κ2) is 6.44. The SMILES string of the molecule is CC(C)(C)OC(=O)N1C[C@@H](Oc2ccccc2F)C[C@H]1C(=O)O. The van der Waals surface area contributed by atoms with Crippen molar-refractivity contribution in [3.63, 3.8) is 0 Å². The van der Waals surface area contributed by atoms with E-state index >= 15 is 0 Å². The molecule has 1 heterocycles. The summed E-state index contributed by atoms with van der Waals surface area (Å²) in [6.07, 6.45) is -1.26. The summed E-state index contributed by atoms with van der Waals surface area (Å²) in [6, 6.07) is 4.81. The molecule has 0 unspecified atom stereocenters. The second-order valence-electron chi connectivity index (χ2n) is 6.39. The molecule has 1 fully saturated rings. The Labute approximate surface area is 133 Å². The molecule has 0 radical (unpaired) electrons. The summed E-state index contributed by atoms with van der Waals surface area (Å²) in [5.74, 6) is -1.64. The first-order valence-corrected chi connectivity index (χ1v) is 7.31. The average Bonchev–Trinajstić information content (AvgIpc) is 2.84. The lowest BCUT2D eigenvalue weighted by Crippen LogP contribution is -2.43. The Morgan fingerprint density at radius 1 is 1.30 bits per heavy atom. The van der Waals surface area contributed by atoms with Crippen LogP contribution in [0.1, 0.15) is 27.2 Å². The molecule has 1 aromatic carbocycles. The predicted molar refractivity (Wildman–Crippen MR) is 79.8 cm³/mol. The molecular weight excluding hydrogens is 305 g/mol. The maximum atomic E-state index is 13.6. The summed E-state index contributed by atoms with van der Waals surface area (Å²) >= 11 is 0. The van der Waals surface area contributed by atoms with Crippen molar-refractivity contribution in [3.05, 3.63) is 30.1 Å². The summed E-state index contributed by atoms with van der Waals surface area (Å²) < 4.78 is 24.4. The van der Waals surface area contributed by atoms with Crippen LogP contribution in [0.15, 0.2) is 24.3 Å². The summed E-state index contributed by atoms with van der Waals surface area (Å²) in [4.78, 5) is 24.6. The number of halogens is 1. The topological polar surface area (TPSA) is 76.1 Å². The van der Waals surface area contributed by atoms with Crippen LogP contribution in [-0.2, 0) is 9.53 Å². The van der Waals surface area contributed by atoms with Gasteiger partial charge in [0.2, 0.25) is 0 Å². The molecule has 1 aliphatic heterocycles. The Bertz CT molecular complexity index is 598. The number of aliphatic carboxylic acids is 1. The number of benzene rings is 1. The Morgan fingerprint density at radius 3 is 2.52 bits per heavy atom. The van der Waals surface area contributed by atoms with Gasteiger partial charge in [-0.2, -0.15) is 0 Å². The number of carbonyl (C=O) groups is 2. The van der Waals surface area contributed by atoms with E-state index in [1.807, 2.05) is 0 Å². The molecule has 7 heteroatoms. The molecule has 2 atom stereocenters. The molecule has 1 saturated heterocycles. The van der Waals surface area contributed by atoms with Gasteiger partial charge in [0.25, 0.3) is 0 Å². The van der Waals surface area contributed by atoms with Crippen LogP contribution in [0.5, 0.6) is 5.75 Å². The van der Waals surface area contributed by atoms with Crippen LogP contribution in [0.2, 0.25) is 0 Å². The first-order valence-electron chi connectivity index (χ1n) is 7.31. The van der Waals surface area contributed by atoms with E-state index in [1.54, 1.807) is 26.8 Å². The quantitative estimate of drug-likeness (QED) is 0.924. The zero-order valence-corrected chi connectivity index (χ0v) is 13.3. The lowest BCUT2D eigenvalue weighted by atomic mass is 10.2. The minimum absolute atomic E-state index is 0.0280. The molecule has 23 heavy (non-hydrogen) atoms. The van der Waals surface area contributed by atoms with Crippen LogP contribution in [0.25, 0.3) is 0 Å². The molecular formula is C16H20FNO5. The third-order valence-corrected chi connectivity index (χ3v) is 3.31. The fraction of sp³-hybridized carbons (Fsp3) is 0.500. The highest BCUT2D eigenvalue weighted by Gasteiger charge is 2.42. The highest BCUT2D eigenvalue weighted by Crippen LogP contribution is 2.26. The molecule has 0 bridgehead atoms. The molecule has 0 aromatic heterocycles. The van der Waals surface area contributed by atoms with E-state index in [9.17, 15) is 19.1 Å². The summed E-state index contributed by atoms with van der Waals surface area (Å²) in [7, 11) is 0. The average molecular weight is 325 g/mol. The van der Waals surface area contributed by atoms with Crippen LogP contribution in [0, 0.1) is 5.82 Å². The van der Waals surface area contributed by atoms with Crippen LogP contribution in [0.4, 0.5) is 9.18 Å². The van der Waals surface area contributed by atoms with E-state index in [4.69, 9.17) is 9.47 Å². The van der Waals surface area contributed by atoms with E-state index in [2.05, 4.69) is 0 Å².